The van der Waals surface area contributed by atoms with E-state index in [0.717, 1.165) is 17.2 Å². The highest BCUT2D eigenvalue weighted by atomic mass is 32.2. The second-order valence-electron chi connectivity index (χ2n) is 7.69. The standard InChI is InChI=1S/C23H21N5O6S/c1-13-4-10-18-21(14(13)2)24-23(29)22(18)26-25-19-11-9-17(12-20(19)28(30)31)35(32,33)27-15-5-7-16(34-3)8-6-15/h4-12,24,27,29H,1-3H3. The summed E-state index contributed by atoms with van der Waals surface area (Å²) in [4.78, 5) is 13.4. The summed E-state index contributed by atoms with van der Waals surface area (Å²) in [6.07, 6.45) is 0. The van der Waals surface area contributed by atoms with E-state index >= 15 is 0 Å². The van der Waals surface area contributed by atoms with Crippen LogP contribution in [0.3, 0.4) is 0 Å². The van der Waals surface area contributed by atoms with Crippen molar-refractivity contribution in [2.75, 3.05) is 11.8 Å². The number of methoxy groups -OCH3 is 1. The average Bonchev–Trinajstić information content (AvgIpc) is 3.15. The molecule has 1 aromatic heterocycles. The van der Waals surface area contributed by atoms with Crippen LogP contribution in [0.1, 0.15) is 11.1 Å². The molecule has 11 nitrogen and oxygen atoms in total. The summed E-state index contributed by atoms with van der Waals surface area (Å²) in [5.74, 6) is 0.313. The molecule has 0 aliphatic carbocycles. The van der Waals surface area contributed by atoms with Crippen LogP contribution in [0.5, 0.6) is 11.6 Å². The molecule has 35 heavy (non-hydrogen) atoms. The Morgan fingerprint density at radius 3 is 2.43 bits per heavy atom. The van der Waals surface area contributed by atoms with E-state index in [9.17, 15) is 23.6 Å². The van der Waals surface area contributed by atoms with Gasteiger partial charge >= 0.3 is 0 Å². The first-order chi connectivity index (χ1) is 16.6. The van der Waals surface area contributed by atoms with Crippen LogP contribution in [-0.4, -0.2) is 30.5 Å². The predicted octanol–water partition coefficient (Wildman–Crippen LogP) is 5.62. The van der Waals surface area contributed by atoms with Crippen molar-refractivity contribution in [3.05, 3.63) is 75.8 Å². The first kappa shape index (κ1) is 23.7. The zero-order chi connectivity index (χ0) is 25.3. The van der Waals surface area contributed by atoms with E-state index < -0.39 is 20.6 Å². The summed E-state index contributed by atoms with van der Waals surface area (Å²) in [5, 5.41) is 30.5. The number of nitrogens with one attached hydrogen (secondary N) is 2. The second-order valence-corrected chi connectivity index (χ2v) is 9.38. The smallest absolute Gasteiger partial charge is 0.298 e. The number of benzene rings is 3. The van der Waals surface area contributed by atoms with E-state index in [-0.39, 0.29) is 27.8 Å². The number of sulfonamides is 1. The van der Waals surface area contributed by atoms with Crippen LogP contribution in [0.2, 0.25) is 0 Å². The van der Waals surface area contributed by atoms with E-state index in [2.05, 4.69) is 19.9 Å². The van der Waals surface area contributed by atoms with Gasteiger partial charge in [-0.15, -0.1) is 10.2 Å². The van der Waals surface area contributed by atoms with Gasteiger partial charge in [-0.3, -0.25) is 14.8 Å². The molecule has 0 amide bonds. The van der Waals surface area contributed by atoms with Crippen LogP contribution in [0.4, 0.5) is 22.7 Å². The fraction of sp³-hybridized carbons (Fsp3) is 0.130. The van der Waals surface area contributed by atoms with E-state index in [4.69, 9.17) is 4.74 Å². The number of aromatic amines is 1. The Morgan fingerprint density at radius 1 is 1.06 bits per heavy atom. The van der Waals surface area contributed by atoms with Gasteiger partial charge in [-0.1, -0.05) is 12.1 Å². The van der Waals surface area contributed by atoms with Crippen molar-refractivity contribution < 1.29 is 23.2 Å². The minimum Gasteiger partial charge on any atom is -0.497 e. The number of aryl methyl sites for hydroxylation is 2. The van der Waals surface area contributed by atoms with E-state index in [1.165, 1.54) is 31.4 Å². The normalized spacial score (nSPS) is 11.7. The van der Waals surface area contributed by atoms with Gasteiger partial charge in [0, 0.05) is 17.1 Å². The van der Waals surface area contributed by atoms with Crippen LogP contribution in [-0.2, 0) is 10.0 Å². The molecule has 3 aromatic carbocycles. The van der Waals surface area contributed by atoms with Gasteiger partial charge in [0.05, 0.1) is 22.4 Å². The summed E-state index contributed by atoms with van der Waals surface area (Å²) in [6, 6.07) is 13.1. The number of rotatable bonds is 7. The van der Waals surface area contributed by atoms with Crippen LogP contribution in [0, 0.1) is 24.0 Å². The number of nitro groups is 1. The third-order valence-corrected chi connectivity index (χ3v) is 6.89. The number of anilines is 1. The molecule has 0 saturated carbocycles. The molecule has 4 rings (SSSR count). The fourth-order valence-electron chi connectivity index (χ4n) is 3.46. The van der Waals surface area contributed by atoms with E-state index in [0.29, 0.717) is 16.7 Å². The third kappa shape index (κ3) is 4.64. The quantitative estimate of drug-likeness (QED) is 0.171. The number of nitrogens with zero attached hydrogens (tertiary/aromatic N) is 3. The van der Waals surface area contributed by atoms with Crippen molar-refractivity contribution >= 4 is 43.7 Å². The lowest BCUT2D eigenvalue weighted by Crippen LogP contribution is -2.13. The largest absolute Gasteiger partial charge is 0.497 e. The molecule has 3 N–H and O–H groups in total. The molecular weight excluding hydrogens is 474 g/mol. The zero-order valence-electron chi connectivity index (χ0n) is 18.9. The maximum Gasteiger partial charge on any atom is 0.298 e. The molecule has 0 radical (unpaired) electrons. The molecular formula is C23H21N5O6S. The monoisotopic (exact) mass is 495 g/mol. The molecule has 0 unspecified atom stereocenters. The maximum atomic E-state index is 12.8. The number of H-pyrrole nitrogens is 1. The predicted molar refractivity (Wildman–Crippen MR) is 131 cm³/mol. The number of nitro benzene ring substituents is 1. The Bertz CT molecular complexity index is 1580. The van der Waals surface area contributed by atoms with Gasteiger partial charge in [0.1, 0.15) is 5.75 Å². The lowest BCUT2D eigenvalue weighted by Gasteiger charge is -2.09. The van der Waals surface area contributed by atoms with Crippen molar-refractivity contribution in [2.24, 2.45) is 10.2 Å². The molecule has 0 aliphatic heterocycles. The lowest BCUT2D eigenvalue weighted by atomic mass is 10.1. The van der Waals surface area contributed by atoms with Crippen LogP contribution >= 0.6 is 0 Å². The highest BCUT2D eigenvalue weighted by molar-refractivity contribution is 7.92. The SMILES string of the molecule is COc1ccc(NS(=O)(=O)c2ccc(N=Nc3c(O)[nH]c4c(C)c(C)ccc34)c([N+](=O)[O-])c2)cc1. The number of fused-ring (bicyclic) bond motifs is 1. The fourth-order valence-corrected chi connectivity index (χ4v) is 4.54. The number of hydrogen-bond acceptors (Lipinski definition) is 8. The van der Waals surface area contributed by atoms with Gasteiger partial charge in [-0.25, -0.2) is 8.42 Å². The Balaban J connectivity index is 1.68. The number of aromatic nitrogens is 1. The van der Waals surface area contributed by atoms with E-state index in [1.54, 1.807) is 18.2 Å². The topological polar surface area (TPSA) is 159 Å². The minimum atomic E-state index is -4.12. The van der Waals surface area contributed by atoms with Crippen molar-refractivity contribution in [1.82, 2.24) is 4.98 Å². The number of hydrogen-bond donors (Lipinski definition) is 3. The summed E-state index contributed by atoms with van der Waals surface area (Å²) in [5.41, 5.74) is 2.26. The van der Waals surface area contributed by atoms with Gasteiger partial charge < -0.3 is 14.8 Å². The lowest BCUT2D eigenvalue weighted by molar-refractivity contribution is -0.384. The summed E-state index contributed by atoms with van der Waals surface area (Å²) >= 11 is 0. The van der Waals surface area contributed by atoms with Crippen LogP contribution in [0.25, 0.3) is 10.9 Å². The number of azo groups is 1. The van der Waals surface area contributed by atoms with Crippen molar-refractivity contribution in [1.29, 1.82) is 0 Å². The Labute approximate surface area is 200 Å². The first-order valence-corrected chi connectivity index (χ1v) is 11.8. The summed E-state index contributed by atoms with van der Waals surface area (Å²) in [7, 11) is -2.64. The van der Waals surface area contributed by atoms with Gasteiger partial charge in [0.15, 0.2) is 11.4 Å². The average molecular weight is 496 g/mol. The highest BCUT2D eigenvalue weighted by Crippen LogP contribution is 2.39. The molecule has 0 aliphatic rings. The molecule has 1 heterocycles. The first-order valence-electron chi connectivity index (χ1n) is 10.3. The second kappa shape index (κ2) is 9.06. The maximum absolute atomic E-state index is 12.8. The molecule has 0 bridgehead atoms. The molecule has 0 fully saturated rings. The number of aromatic hydroxyl groups is 1. The van der Waals surface area contributed by atoms with Crippen LogP contribution in [0.15, 0.2) is 69.7 Å². The highest BCUT2D eigenvalue weighted by Gasteiger charge is 2.22. The third-order valence-electron chi connectivity index (χ3n) is 5.51. The minimum absolute atomic E-state index is 0.121. The van der Waals surface area contributed by atoms with Gasteiger partial charge in [0.2, 0.25) is 5.88 Å². The molecule has 12 heteroatoms. The molecule has 0 saturated heterocycles. The summed E-state index contributed by atoms with van der Waals surface area (Å²) < 4.78 is 33.0. The van der Waals surface area contributed by atoms with Crippen LogP contribution < -0.4 is 9.46 Å². The van der Waals surface area contributed by atoms with Crippen molar-refractivity contribution in [3.8, 4) is 11.6 Å². The van der Waals surface area contributed by atoms with Crippen molar-refractivity contribution in [3.63, 3.8) is 0 Å². The van der Waals surface area contributed by atoms with Crippen molar-refractivity contribution in [2.45, 2.75) is 18.7 Å². The Morgan fingerprint density at radius 2 is 1.77 bits per heavy atom. The summed E-state index contributed by atoms with van der Waals surface area (Å²) in [6.45, 7) is 3.81. The number of ether oxygens (including phenoxy) is 1. The van der Waals surface area contributed by atoms with Gasteiger partial charge in [-0.2, -0.15) is 0 Å². The Hall–Kier alpha value is -4.45. The molecule has 0 spiro atoms. The zero-order valence-corrected chi connectivity index (χ0v) is 19.8. The van der Waals surface area contributed by atoms with E-state index in [1.807, 2.05) is 19.9 Å². The Kier molecular flexibility index (Phi) is 6.14. The molecule has 4 aromatic rings. The van der Waals surface area contributed by atoms with Gasteiger partial charge in [-0.05, 0) is 61.4 Å². The molecule has 180 valence electrons. The van der Waals surface area contributed by atoms with Gasteiger partial charge in [0.25, 0.3) is 15.7 Å². The molecule has 0 atom stereocenters.